The van der Waals surface area contributed by atoms with Crippen molar-refractivity contribution in [3.63, 3.8) is 0 Å². The van der Waals surface area contributed by atoms with Crippen LogP contribution in [0.1, 0.15) is 26.2 Å². The van der Waals surface area contributed by atoms with Crippen molar-refractivity contribution in [2.45, 2.75) is 37.7 Å². The lowest BCUT2D eigenvalue weighted by atomic mass is 10.1. The van der Waals surface area contributed by atoms with E-state index in [0.29, 0.717) is 25.3 Å². The van der Waals surface area contributed by atoms with Gasteiger partial charge in [-0.15, -0.1) is 11.8 Å². The SMILES string of the molecule is CCCC1CC(=O)NC(SCC(=O)NCCOC)N1. The van der Waals surface area contributed by atoms with E-state index in [-0.39, 0.29) is 23.4 Å². The number of hydrogen-bond acceptors (Lipinski definition) is 5. The van der Waals surface area contributed by atoms with E-state index in [9.17, 15) is 9.59 Å². The lowest BCUT2D eigenvalue weighted by Crippen LogP contribution is -2.55. The van der Waals surface area contributed by atoms with Crippen molar-refractivity contribution in [1.29, 1.82) is 0 Å². The van der Waals surface area contributed by atoms with Gasteiger partial charge in [0, 0.05) is 26.1 Å². The molecule has 19 heavy (non-hydrogen) atoms. The van der Waals surface area contributed by atoms with Crippen molar-refractivity contribution in [3.8, 4) is 0 Å². The summed E-state index contributed by atoms with van der Waals surface area (Å²) in [4.78, 5) is 23.1. The molecule has 1 heterocycles. The molecule has 6 nitrogen and oxygen atoms in total. The third-order valence-electron chi connectivity index (χ3n) is 2.76. The minimum absolute atomic E-state index is 0.0456. The van der Waals surface area contributed by atoms with Crippen molar-refractivity contribution >= 4 is 23.6 Å². The van der Waals surface area contributed by atoms with Crippen LogP contribution in [0.5, 0.6) is 0 Å². The van der Waals surface area contributed by atoms with Gasteiger partial charge in [-0.05, 0) is 6.42 Å². The molecule has 0 aromatic heterocycles. The van der Waals surface area contributed by atoms with Crippen LogP contribution in [0.4, 0.5) is 0 Å². The number of nitrogens with one attached hydrogen (secondary N) is 3. The van der Waals surface area contributed by atoms with Gasteiger partial charge in [0.25, 0.3) is 0 Å². The van der Waals surface area contributed by atoms with Crippen LogP contribution < -0.4 is 16.0 Å². The zero-order chi connectivity index (χ0) is 14.1. The van der Waals surface area contributed by atoms with E-state index < -0.39 is 0 Å². The molecule has 7 heteroatoms. The fourth-order valence-electron chi connectivity index (χ4n) is 1.87. The first-order chi connectivity index (χ1) is 9.15. The molecule has 1 fully saturated rings. The van der Waals surface area contributed by atoms with Crippen molar-refractivity contribution < 1.29 is 14.3 Å². The molecule has 110 valence electrons. The zero-order valence-electron chi connectivity index (χ0n) is 11.5. The van der Waals surface area contributed by atoms with E-state index in [0.717, 1.165) is 12.8 Å². The predicted octanol–water partition coefficient (Wildman–Crippen LogP) is 0.0440. The summed E-state index contributed by atoms with van der Waals surface area (Å²) in [5.41, 5.74) is -0.175. The summed E-state index contributed by atoms with van der Waals surface area (Å²) in [6.45, 7) is 3.12. The Balaban J connectivity index is 2.23. The number of hydrogen-bond donors (Lipinski definition) is 3. The van der Waals surface area contributed by atoms with Gasteiger partial charge in [0.2, 0.25) is 11.8 Å². The highest BCUT2D eigenvalue weighted by Crippen LogP contribution is 2.14. The quantitative estimate of drug-likeness (QED) is 0.550. The molecular weight excluding hydrogens is 266 g/mol. The maximum Gasteiger partial charge on any atom is 0.230 e. The molecule has 2 unspecified atom stereocenters. The Labute approximate surface area is 118 Å². The molecule has 1 aliphatic rings. The minimum Gasteiger partial charge on any atom is -0.383 e. The summed E-state index contributed by atoms with van der Waals surface area (Å²) < 4.78 is 4.85. The Morgan fingerprint density at radius 2 is 2.37 bits per heavy atom. The van der Waals surface area contributed by atoms with E-state index in [4.69, 9.17) is 4.74 Å². The second-order valence-corrected chi connectivity index (χ2v) is 5.55. The molecule has 2 atom stereocenters. The highest BCUT2D eigenvalue weighted by atomic mass is 32.2. The maximum absolute atomic E-state index is 11.5. The highest BCUT2D eigenvalue weighted by molar-refractivity contribution is 8.00. The molecule has 1 saturated heterocycles. The van der Waals surface area contributed by atoms with Gasteiger partial charge in [-0.2, -0.15) is 0 Å². The molecule has 0 aromatic carbocycles. The second kappa shape index (κ2) is 9.17. The third-order valence-corrected chi connectivity index (χ3v) is 3.77. The molecule has 3 N–H and O–H groups in total. The summed E-state index contributed by atoms with van der Waals surface area (Å²) in [6, 6.07) is 0.216. The fraction of sp³-hybridized carbons (Fsp3) is 0.833. The van der Waals surface area contributed by atoms with Crippen molar-refractivity contribution in [2.24, 2.45) is 0 Å². The smallest absolute Gasteiger partial charge is 0.230 e. The topological polar surface area (TPSA) is 79.5 Å². The molecule has 0 saturated carbocycles. The summed E-state index contributed by atoms with van der Waals surface area (Å²) in [7, 11) is 1.59. The van der Waals surface area contributed by atoms with Crippen molar-refractivity contribution in [1.82, 2.24) is 16.0 Å². The van der Waals surface area contributed by atoms with Gasteiger partial charge in [-0.3, -0.25) is 14.9 Å². The summed E-state index contributed by atoms with van der Waals surface area (Å²) in [5.74, 6) is 0.325. The van der Waals surface area contributed by atoms with E-state index in [1.165, 1.54) is 11.8 Å². The second-order valence-electron chi connectivity index (χ2n) is 4.46. The number of thioether (sulfide) groups is 1. The number of rotatable bonds is 8. The van der Waals surface area contributed by atoms with Crippen LogP contribution in [-0.4, -0.2) is 49.4 Å². The summed E-state index contributed by atoms with van der Waals surface area (Å²) in [6.07, 6.45) is 2.54. The van der Waals surface area contributed by atoms with Crippen molar-refractivity contribution in [2.75, 3.05) is 26.0 Å². The van der Waals surface area contributed by atoms with Crippen LogP contribution >= 0.6 is 11.8 Å². The molecule has 1 aliphatic heterocycles. The van der Waals surface area contributed by atoms with E-state index in [1.54, 1.807) is 7.11 Å². The Hall–Kier alpha value is -0.790. The maximum atomic E-state index is 11.5. The van der Waals surface area contributed by atoms with Gasteiger partial charge in [0.15, 0.2) is 0 Å². The average molecular weight is 289 g/mol. The van der Waals surface area contributed by atoms with Crippen LogP contribution in [0.25, 0.3) is 0 Å². The van der Waals surface area contributed by atoms with E-state index in [1.807, 2.05) is 0 Å². The third kappa shape index (κ3) is 6.79. The van der Waals surface area contributed by atoms with E-state index in [2.05, 4.69) is 22.9 Å². The first-order valence-electron chi connectivity index (χ1n) is 6.58. The molecule has 0 bridgehead atoms. The molecular formula is C12H23N3O3S. The van der Waals surface area contributed by atoms with Crippen LogP contribution in [0, 0.1) is 0 Å². The van der Waals surface area contributed by atoms with Gasteiger partial charge < -0.3 is 15.4 Å². The van der Waals surface area contributed by atoms with Gasteiger partial charge >= 0.3 is 0 Å². The Bertz CT molecular complexity index is 302. The largest absolute Gasteiger partial charge is 0.383 e. The molecule has 2 amide bonds. The normalized spacial score (nSPS) is 22.9. The van der Waals surface area contributed by atoms with Crippen LogP contribution in [-0.2, 0) is 14.3 Å². The molecule has 0 aliphatic carbocycles. The van der Waals surface area contributed by atoms with Crippen molar-refractivity contribution in [3.05, 3.63) is 0 Å². The Morgan fingerprint density at radius 1 is 1.58 bits per heavy atom. The van der Waals surface area contributed by atoms with Gasteiger partial charge in [-0.25, -0.2) is 0 Å². The first-order valence-corrected chi connectivity index (χ1v) is 7.63. The van der Waals surface area contributed by atoms with Gasteiger partial charge in [0.1, 0.15) is 5.50 Å². The van der Waals surface area contributed by atoms with Crippen LogP contribution in [0.3, 0.4) is 0 Å². The fourth-order valence-corrected chi connectivity index (χ4v) is 2.79. The van der Waals surface area contributed by atoms with Gasteiger partial charge in [-0.1, -0.05) is 13.3 Å². The summed E-state index contributed by atoms with van der Waals surface area (Å²) in [5, 5.41) is 8.91. The average Bonchev–Trinajstić information content (AvgIpc) is 2.36. The number of ether oxygens (including phenoxy) is 1. The number of carbonyl (C=O) groups excluding carboxylic acids is 2. The standard InChI is InChI=1S/C12H23N3O3S/c1-3-4-9-7-10(16)15-12(14-9)19-8-11(17)13-5-6-18-2/h9,12,14H,3-8H2,1-2H3,(H,13,17)(H,15,16). The highest BCUT2D eigenvalue weighted by Gasteiger charge is 2.25. The molecule has 0 spiro atoms. The number of carbonyl (C=O) groups is 2. The van der Waals surface area contributed by atoms with Gasteiger partial charge in [0.05, 0.1) is 12.4 Å². The predicted molar refractivity (Wildman–Crippen MR) is 75.7 cm³/mol. The zero-order valence-corrected chi connectivity index (χ0v) is 12.3. The lowest BCUT2D eigenvalue weighted by molar-refractivity contribution is -0.123. The van der Waals surface area contributed by atoms with Crippen LogP contribution in [0.2, 0.25) is 0 Å². The number of methoxy groups -OCH3 is 1. The van der Waals surface area contributed by atoms with Crippen LogP contribution in [0.15, 0.2) is 0 Å². The van der Waals surface area contributed by atoms with E-state index >= 15 is 0 Å². The monoisotopic (exact) mass is 289 g/mol. The molecule has 0 radical (unpaired) electrons. The minimum atomic E-state index is -0.175. The summed E-state index contributed by atoms with van der Waals surface area (Å²) >= 11 is 1.40. The Kier molecular flexibility index (Phi) is 7.85. The number of amides is 2. The molecule has 1 rings (SSSR count). The Morgan fingerprint density at radius 3 is 3.05 bits per heavy atom. The lowest BCUT2D eigenvalue weighted by Gasteiger charge is -2.30. The molecule has 0 aromatic rings. The first kappa shape index (κ1) is 16.3.